The Labute approximate surface area is 85.3 Å². The maximum Gasteiger partial charge on any atom is 0.303 e. The van der Waals surface area contributed by atoms with Gasteiger partial charge in [-0.1, -0.05) is 13.0 Å². The molecule has 0 spiro atoms. The molecule has 0 N–H and O–H groups in total. The quantitative estimate of drug-likeness (QED) is 0.474. The zero-order valence-electron chi connectivity index (χ0n) is 8.79. The van der Waals surface area contributed by atoms with Crippen LogP contribution in [0.1, 0.15) is 39.0 Å². The Balaban J connectivity index is 2.02. The van der Waals surface area contributed by atoms with Gasteiger partial charge in [0.15, 0.2) is 0 Å². The molecule has 2 aliphatic carbocycles. The van der Waals surface area contributed by atoms with E-state index in [9.17, 15) is 4.79 Å². The van der Waals surface area contributed by atoms with E-state index in [1.54, 1.807) is 0 Å². The maximum atomic E-state index is 10.9. The number of hydrogen-bond acceptors (Lipinski definition) is 2. The van der Waals surface area contributed by atoms with Gasteiger partial charge in [-0.25, -0.2) is 0 Å². The van der Waals surface area contributed by atoms with Gasteiger partial charge in [0.25, 0.3) is 0 Å². The first-order valence-corrected chi connectivity index (χ1v) is 5.54. The van der Waals surface area contributed by atoms with Crippen molar-refractivity contribution >= 4 is 5.97 Å². The molecular weight excluding hydrogens is 176 g/mol. The van der Waals surface area contributed by atoms with Crippen molar-refractivity contribution in [2.75, 3.05) is 0 Å². The van der Waals surface area contributed by atoms with Gasteiger partial charge in [-0.05, 0) is 43.1 Å². The fourth-order valence-corrected chi connectivity index (χ4v) is 3.00. The molecule has 2 nitrogen and oxygen atoms in total. The van der Waals surface area contributed by atoms with Crippen molar-refractivity contribution in [1.82, 2.24) is 0 Å². The molecule has 2 saturated carbocycles. The lowest BCUT2D eigenvalue weighted by Crippen LogP contribution is -2.30. The molecule has 0 saturated heterocycles. The summed E-state index contributed by atoms with van der Waals surface area (Å²) < 4.78 is 5.27. The van der Waals surface area contributed by atoms with E-state index < -0.39 is 0 Å². The Morgan fingerprint density at radius 2 is 2.14 bits per heavy atom. The summed E-state index contributed by atoms with van der Waals surface area (Å²) in [7, 11) is 0. The molecular formula is C12H18O2. The predicted molar refractivity (Wildman–Crippen MR) is 54.8 cm³/mol. The molecule has 3 unspecified atom stereocenters. The van der Waals surface area contributed by atoms with E-state index in [1.165, 1.54) is 38.2 Å². The summed E-state index contributed by atoms with van der Waals surface area (Å²) in [6, 6.07) is 0. The number of carbonyl (C=O) groups is 1. The molecule has 0 amide bonds. The van der Waals surface area contributed by atoms with E-state index in [1.807, 2.05) is 0 Å². The Morgan fingerprint density at radius 3 is 2.86 bits per heavy atom. The largest absolute Gasteiger partial charge is 0.458 e. The molecule has 0 aromatic heterocycles. The Hall–Kier alpha value is -0.790. The summed E-state index contributed by atoms with van der Waals surface area (Å²) in [5, 5.41) is 0. The van der Waals surface area contributed by atoms with Crippen molar-refractivity contribution in [3.05, 3.63) is 12.2 Å². The first-order chi connectivity index (χ1) is 6.68. The average Bonchev–Trinajstić information content (AvgIpc) is 2.57. The lowest BCUT2D eigenvalue weighted by molar-refractivity contribution is -0.146. The first-order valence-electron chi connectivity index (χ1n) is 5.54. The zero-order chi connectivity index (χ0) is 10.1. The van der Waals surface area contributed by atoms with Crippen LogP contribution in [-0.2, 0) is 9.53 Å². The molecule has 0 aromatic rings. The lowest BCUT2D eigenvalue weighted by Gasteiger charge is -2.33. The second-order valence-corrected chi connectivity index (χ2v) is 4.55. The third kappa shape index (κ3) is 1.70. The van der Waals surface area contributed by atoms with Crippen LogP contribution in [0.4, 0.5) is 0 Å². The van der Waals surface area contributed by atoms with Crippen molar-refractivity contribution in [3.8, 4) is 0 Å². The van der Waals surface area contributed by atoms with Gasteiger partial charge < -0.3 is 4.74 Å². The van der Waals surface area contributed by atoms with Crippen LogP contribution in [0.15, 0.2) is 12.2 Å². The number of carbonyl (C=O) groups excluding carboxylic acids is 1. The zero-order valence-corrected chi connectivity index (χ0v) is 8.79. The van der Waals surface area contributed by atoms with Crippen molar-refractivity contribution in [2.24, 2.45) is 11.8 Å². The van der Waals surface area contributed by atoms with E-state index in [2.05, 4.69) is 6.58 Å². The summed E-state index contributed by atoms with van der Waals surface area (Å²) in [4.78, 5) is 10.9. The van der Waals surface area contributed by atoms with Crippen LogP contribution >= 0.6 is 0 Å². The SMILES string of the molecule is C=C1C(OC(C)=O)CCC2CCCC12. The van der Waals surface area contributed by atoms with Gasteiger partial charge in [0, 0.05) is 6.92 Å². The van der Waals surface area contributed by atoms with Gasteiger partial charge in [0.1, 0.15) is 6.10 Å². The lowest BCUT2D eigenvalue weighted by atomic mass is 9.77. The highest BCUT2D eigenvalue weighted by Gasteiger charge is 2.37. The van der Waals surface area contributed by atoms with Crippen molar-refractivity contribution in [1.29, 1.82) is 0 Å². The Morgan fingerprint density at radius 1 is 1.36 bits per heavy atom. The summed E-state index contributed by atoms with van der Waals surface area (Å²) in [6.45, 7) is 5.59. The molecule has 0 bridgehead atoms. The summed E-state index contributed by atoms with van der Waals surface area (Å²) in [5.74, 6) is 1.29. The highest BCUT2D eigenvalue weighted by molar-refractivity contribution is 5.66. The number of fused-ring (bicyclic) bond motifs is 1. The second-order valence-electron chi connectivity index (χ2n) is 4.55. The smallest absolute Gasteiger partial charge is 0.303 e. The van der Waals surface area contributed by atoms with Gasteiger partial charge in [-0.3, -0.25) is 4.79 Å². The first kappa shape index (κ1) is 9.75. The average molecular weight is 194 g/mol. The molecule has 2 heteroatoms. The van der Waals surface area contributed by atoms with E-state index in [-0.39, 0.29) is 12.1 Å². The molecule has 2 rings (SSSR count). The van der Waals surface area contributed by atoms with Gasteiger partial charge in [-0.15, -0.1) is 0 Å². The second kappa shape index (κ2) is 3.76. The molecule has 3 atom stereocenters. The van der Waals surface area contributed by atoms with E-state index in [0.29, 0.717) is 5.92 Å². The van der Waals surface area contributed by atoms with Crippen molar-refractivity contribution in [3.63, 3.8) is 0 Å². The fourth-order valence-electron chi connectivity index (χ4n) is 3.00. The van der Waals surface area contributed by atoms with Gasteiger partial charge in [0.05, 0.1) is 0 Å². The minimum absolute atomic E-state index is 0.00634. The normalized spacial score (nSPS) is 36.6. The highest BCUT2D eigenvalue weighted by atomic mass is 16.5. The van der Waals surface area contributed by atoms with Crippen LogP contribution in [-0.4, -0.2) is 12.1 Å². The number of rotatable bonds is 1. The minimum atomic E-state index is -0.174. The monoisotopic (exact) mass is 194 g/mol. The predicted octanol–water partition coefficient (Wildman–Crippen LogP) is 2.68. The van der Waals surface area contributed by atoms with Crippen LogP contribution in [0.3, 0.4) is 0 Å². The molecule has 0 radical (unpaired) electrons. The van der Waals surface area contributed by atoms with Crippen LogP contribution < -0.4 is 0 Å². The molecule has 0 aliphatic heterocycles. The molecule has 78 valence electrons. The van der Waals surface area contributed by atoms with Crippen LogP contribution in [0, 0.1) is 11.8 Å². The van der Waals surface area contributed by atoms with Gasteiger partial charge in [-0.2, -0.15) is 0 Å². The third-order valence-electron chi connectivity index (χ3n) is 3.66. The fraction of sp³-hybridized carbons (Fsp3) is 0.750. The summed E-state index contributed by atoms with van der Waals surface area (Å²) in [5.41, 5.74) is 1.17. The molecule has 2 aliphatic rings. The topological polar surface area (TPSA) is 26.3 Å². The van der Waals surface area contributed by atoms with E-state index >= 15 is 0 Å². The maximum absolute atomic E-state index is 10.9. The third-order valence-corrected chi connectivity index (χ3v) is 3.66. The van der Waals surface area contributed by atoms with Crippen molar-refractivity contribution in [2.45, 2.75) is 45.1 Å². The van der Waals surface area contributed by atoms with Gasteiger partial charge in [0.2, 0.25) is 0 Å². The Kier molecular flexibility index (Phi) is 2.62. The molecule has 14 heavy (non-hydrogen) atoms. The highest BCUT2D eigenvalue weighted by Crippen LogP contribution is 2.45. The van der Waals surface area contributed by atoms with Crippen LogP contribution in [0.25, 0.3) is 0 Å². The number of esters is 1. The Bertz CT molecular complexity index is 257. The molecule has 0 aromatic carbocycles. The standard InChI is InChI=1S/C12H18O2/c1-8-11-5-3-4-10(11)6-7-12(8)14-9(2)13/h10-12H,1,3-7H2,2H3. The molecule has 0 heterocycles. The van der Waals surface area contributed by atoms with Crippen LogP contribution in [0.2, 0.25) is 0 Å². The molecule has 2 fully saturated rings. The summed E-state index contributed by atoms with van der Waals surface area (Å²) in [6.07, 6.45) is 6.12. The number of hydrogen-bond donors (Lipinski definition) is 0. The van der Waals surface area contributed by atoms with Crippen LogP contribution in [0.5, 0.6) is 0 Å². The van der Waals surface area contributed by atoms with Crippen molar-refractivity contribution < 1.29 is 9.53 Å². The minimum Gasteiger partial charge on any atom is -0.458 e. The van der Waals surface area contributed by atoms with E-state index in [0.717, 1.165) is 12.3 Å². The van der Waals surface area contributed by atoms with Gasteiger partial charge >= 0.3 is 5.97 Å². The summed E-state index contributed by atoms with van der Waals surface area (Å²) >= 11 is 0. The van der Waals surface area contributed by atoms with E-state index in [4.69, 9.17) is 4.74 Å². The number of ether oxygens (including phenoxy) is 1.